The van der Waals surface area contributed by atoms with E-state index in [0.29, 0.717) is 19.8 Å². The van der Waals surface area contributed by atoms with Crippen molar-refractivity contribution < 1.29 is 9.47 Å². The third kappa shape index (κ3) is 4.76. The van der Waals surface area contributed by atoms with Gasteiger partial charge in [-0.15, -0.1) is 0 Å². The molecule has 0 radical (unpaired) electrons. The molecule has 1 heterocycles. The first-order valence-corrected chi connectivity index (χ1v) is 5.22. The largest absolute Gasteiger partial charge is 0.491 e. The van der Waals surface area contributed by atoms with Crippen LogP contribution in [0, 0.1) is 0 Å². The number of rotatable bonds is 7. The smallest absolute Gasteiger partial charge is 0.122 e. The highest BCUT2D eigenvalue weighted by Gasteiger charge is 1.96. The van der Waals surface area contributed by atoms with Crippen LogP contribution in [-0.4, -0.2) is 24.8 Å². The standard InChI is InChI=1S/C11H18N2O2/c1-2-5-14-6-7-15-11-3-4-13-10(8-11)9-12/h3-4,8H,2,5-7,9,12H2,1H3. The van der Waals surface area contributed by atoms with Crippen LogP contribution in [0.1, 0.15) is 19.0 Å². The molecular formula is C11H18N2O2. The van der Waals surface area contributed by atoms with Gasteiger partial charge in [0.05, 0.1) is 12.3 Å². The highest BCUT2D eigenvalue weighted by atomic mass is 16.5. The zero-order valence-corrected chi connectivity index (χ0v) is 9.11. The van der Waals surface area contributed by atoms with E-state index >= 15 is 0 Å². The van der Waals surface area contributed by atoms with Crippen LogP contribution in [0.5, 0.6) is 5.75 Å². The number of hydrogen-bond donors (Lipinski definition) is 1. The van der Waals surface area contributed by atoms with E-state index in [0.717, 1.165) is 24.5 Å². The molecule has 0 fully saturated rings. The minimum absolute atomic E-state index is 0.434. The lowest BCUT2D eigenvalue weighted by Gasteiger charge is -2.07. The van der Waals surface area contributed by atoms with E-state index in [2.05, 4.69) is 11.9 Å². The van der Waals surface area contributed by atoms with Crippen molar-refractivity contribution in [3.63, 3.8) is 0 Å². The van der Waals surface area contributed by atoms with Gasteiger partial charge in [-0.1, -0.05) is 6.92 Å². The van der Waals surface area contributed by atoms with Crippen LogP contribution in [0.3, 0.4) is 0 Å². The summed E-state index contributed by atoms with van der Waals surface area (Å²) < 4.78 is 10.8. The number of ether oxygens (including phenoxy) is 2. The molecular weight excluding hydrogens is 192 g/mol. The second kappa shape index (κ2) is 7.20. The Morgan fingerprint density at radius 3 is 2.93 bits per heavy atom. The molecule has 0 amide bonds. The van der Waals surface area contributed by atoms with Gasteiger partial charge in [0.1, 0.15) is 12.4 Å². The second-order valence-electron chi connectivity index (χ2n) is 3.15. The number of aromatic nitrogens is 1. The Kier molecular flexibility index (Phi) is 5.73. The van der Waals surface area contributed by atoms with Crippen molar-refractivity contribution in [2.75, 3.05) is 19.8 Å². The van der Waals surface area contributed by atoms with Crippen LogP contribution < -0.4 is 10.5 Å². The molecule has 15 heavy (non-hydrogen) atoms. The number of nitrogens with two attached hydrogens (primary N) is 1. The molecule has 0 aromatic carbocycles. The lowest BCUT2D eigenvalue weighted by Crippen LogP contribution is -2.08. The molecule has 0 saturated carbocycles. The van der Waals surface area contributed by atoms with Gasteiger partial charge in [0.2, 0.25) is 0 Å². The minimum Gasteiger partial charge on any atom is -0.491 e. The SMILES string of the molecule is CCCOCCOc1ccnc(CN)c1. The normalized spacial score (nSPS) is 10.3. The van der Waals surface area contributed by atoms with Gasteiger partial charge in [-0.05, 0) is 12.5 Å². The lowest BCUT2D eigenvalue weighted by molar-refractivity contribution is 0.101. The molecule has 0 spiro atoms. The van der Waals surface area contributed by atoms with Crippen LogP contribution in [0.4, 0.5) is 0 Å². The highest BCUT2D eigenvalue weighted by Crippen LogP contribution is 2.10. The Hall–Kier alpha value is -1.13. The van der Waals surface area contributed by atoms with Crippen LogP contribution >= 0.6 is 0 Å². The van der Waals surface area contributed by atoms with Crippen LogP contribution in [-0.2, 0) is 11.3 Å². The summed E-state index contributed by atoms with van der Waals surface area (Å²) in [6.45, 7) is 4.48. The van der Waals surface area contributed by atoms with E-state index in [4.69, 9.17) is 15.2 Å². The molecule has 2 N–H and O–H groups in total. The van der Waals surface area contributed by atoms with Gasteiger partial charge in [-0.25, -0.2) is 0 Å². The molecule has 4 nitrogen and oxygen atoms in total. The number of hydrogen-bond acceptors (Lipinski definition) is 4. The van der Waals surface area contributed by atoms with Crippen molar-refractivity contribution in [1.82, 2.24) is 4.98 Å². The number of pyridine rings is 1. The third-order valence-electron chi connectivity index (χ3n) is 1.84. The van der Waals surface area contributed by atoms with Crippen molar-refractivity contribution in [1.29, 1.82) is 0 Å². The van der Waals surface area contributed by atoms with E-state index < -0.39 is 0 Å². The van der Waals surface area contributed by atoms with Crippen molar-refractivity contribution in [2.24, 2.45) is 5.73 Å². The van der Waals surface area contributed by atoms with Gasteiger partial charge in [0.25, 0.3) is 0 Å². The first-order chi connectivity index (χ1) is 7.36. The van der Waals surface area contributed by atoms with Gasteiger partial charge in [0, 0.05) is 25.4 Å². The van der Waals surface area contributed by atoms with Crippen molar-refractivity contribution >= 4 is 0 Å². The summed E-state index contributed by atoms with van der Waals surface area (Å²) in [6.07, 6.45) is 2.73. The van der Waals surface area contributed by atoms with E-state index in [1.54, 1.807) is 6.20 Å². The Bertz CT molecular complexity index is 279. The van der Waals surface area contributed by atoms with E-state index in [-0.39, 0.29) is 0 Å². The first-order valence-electron chi connectivity index (χ1n) is 5.22. The summed E-state index contributed by atoms with van der Waals surface area (Å²) in [6, 6.07) is 3.67. The Morgan fingerprint density at radius 1 is 1.33 bits per heavy atom. The lowest BCUT2D eigenvalue weighted by atomic mass is 10.3. The maximum atomic E-state index is 5.47. The van der Waals surface area contributed by atoms with Gasteiger partial charge in [0.15, 0.2) is 0 Å². The van der Waals surface area contributed by atoms with Gasteiger partial charge < -0.3 is 15.2 Å². The molecule has 0 bridgehead atoms. The Balaban J connectivity index is 2.24. The summed E-state index contributed by atoms with van der Waals surface area (Å²) in [5.41, 5.74) is 6.31. The predicted octanol–water partition coefficient (Wildman–Crippen LogP) is 1.35. The van der Waals surface area contributed by atoms with Crippen molar-refractivity contribution in [2.45, 2.75) is 19.9 Å². The summed E-state index contributed by atoms with van der Waals surface area (Å²) in [4.78, 5) is 4.08. The quantitative estimate of drug-likeness (QED) is 0.690. The summed E-state index contributed by atoms with van der Waals surface area (Å²) >= 11 is 0. The number of nitrogens with zero attached hydrogens (tertiary/aromatic N) is 1. The van der Waals surface area contributed by atoms with Gasteiger partial charge in [-0.3, -0.25) is 4.98 Å². The van der Waals surface area contributed by atoms with Crippen molar-refractivity contribution in [3.8, 4) is 5.75 Å². The van der Waals surface area contributed by atoms with Gasteiger partial charge in [-0.2, -0.15) is 0 Å². The minimum atomic E-state index is 0.434. The molecule has 0 atom stereocenters. The van der Waals surface area contributed by atoms with Crippen LogP contribution in [0.25, 0.3) is 0 Å². The molecule has 1 aromatic rings. The molecule has 1 rings (SSSR count). The molecule has 0 aliphatic heterocycles. The topological polar surface area (TPSA) is 57.4 Å². The molecule has 0 aliphatic rings. The fourth-order valence-electron chi connectivity index (χ4n) is 1.12. The maximum Gasteiger partial charge on any atom is 0.122 e. The zero-order valence-electron chi connectivity index (χ0n) is 9.11. The molecule has 84 valence electrons. The zero-order chi connectivity index (χ0) is 10.9. The molecule has 0 saturated heterocycles. The highest BCUT2D eigenvalue weighted by molar-refractivity contribution is 5.22. The molecule has 1 aromatic heterocycles. The fourth-order valence-corrected chi connectivity index (χ4v) is 1.12. The van der Waals surface area contributed by atoms with Gasteiger partial charge >= 0.3 is 0 Å². The molecule has 4 heteroatoms. The average molecular weight is 210 g/mol. The van der Waals surface area contributed by atoms with E-state index in [9.17, 15) is 0 Å². The Morgan fingerprint density at radius 2 is 2.20 bits per heavy atom. The predicted molar refractivity (Wildman–Crippen MR) is 58.7 cm³/mol. The average Bonchev–Trinajstić information content (AvgIpc) is 2.29. The summed E-state index contributed by atoms with van der Waals surface area (Å²) in [5.74, 6) is 0.797. The monoisotopic (exact) mass is 210 g/mol. The summed E-state index contributed by atoms with van der Waals surface area (Å²) in [7, 11) is 0. The second-order valence-corrected chi connectivity index (χ2v) is 3.15. The Labute approximate surface area is 90.4 Å². The first kappa shape index (κ1) is 11.9. The fraction of sp³-hybridized carbons (Fsp3) is 0.545. The third-order valence-corrected chi connectivity index (χ3v) is 1.84. The van der Waals surface area contributed by atoms with E-state index in [1.807, 2.05) is 12.1 Å². The molecule has 0 aliphatic carbocycles. The van der Waals surface area contributed by atoms with Crippen LogP contribution in [0.15, 0.2) is 18.3 Å². The summed E-state index contributed by atoms with van der Waals surface area (Å²) in [5, 5.41) is 0. The van der Waals surface area contributed by atoms with Crippen molar-refractivity contribution in [3.05, 3.63) is 24.0 Å². The van der Waals surface area contributed by atoms with Crippen LogP contribution in [0.2, 0.25) is 0 Å². The maximum absolute atomic E-state index is 5.47. The van der Waals surface area contributed by atoms with E-state index in [1.165, 1.54) is 0 Å². The molecule has 0 unspecified atom stereocenters.